The van der Waals surface area contributed by atoms with Crippen LogP contribution in [0.25, 0.3) is 0 Å². The maximum atomic E-state index is 12.6. The number of rotatable bonds is 16. The summed E-state index contributed by atoms with van der Waals surface area (Å²) in [6, 6.07) is -0.364. The van der Waals surface area contributed by atoms with Crippen molar-refractivity contribution in [3.8, 4) is 24.7 Å². The van der Waals surface area contributed by atoms with Crippen molar-refractivity contribution in [2.24, 2.45) is 5.92 Å². The molecule has 0 bridgehead atoms. The molecule has 2 atom stereocenters. The number of ether oxygens (including phenoxy) is 1. The molecule has 6 heteroatoms. The molecule has 1 rings (SSSR count). The molecule has 1 aliphatic heterocycles. The first-order valence-electron chi connectivity index (χ1n) is 11.7. The van der Waals surface area contributed by atoms with Crippen LogP contribution in [0.1, 0.15) is 84.0 Å². The van der Waals surface area contributed by atoms with E-state index in [1.165, 1.54) is 18.1 Å². The van der Waals surface area contributed by atoms with E-state index in [1.807, 2.05) is 6.92 Å². The zero-order chi connectivity index (χ0) is 23.8. The number of hydrogen-bond acceptors (Lipinski definition) is 4. The van der Waals surface area contributed by atoms with Gasteiger partial charge in [0.1, 0.15) is 5.76 Å². The van der Waals surface area contributed by atoms with Gasteiger partial charge < -0.3 is 10.1 Å². The quantitative estimate of drug-likeness (QED) is 0.290. The lowest BCUT2D eigenvalue weighted by atomic mass is 10.0. The van der Waals surface area contributed by atoms with Crippen LogP contribution in [0.5, 0.6) is 0 Å². The molecule has 0 unspecified atom stereocenters. The molecule has 1 aliphatic rings. The monoisotopic (exact) mass is 442 g/mol. The highest BCUT2D eigenvalue weighted by atomic mass is 16.5. The zero-order valence-electron chi connectivity index (χ0n) is 19.7. The second kappa shape index (κ2) is 16.0. The lowest BCUT2D eigenvalue weighted by Crippen LogP contribution is -2.40. The Bertz CT molecular complexity index is 729. The molecule has 1 N–H and O–H groups in total. The smallest absolute Gasteiger partial charge is 0.257 e. The Morgan fingerprint density at radius 3 is 2.44 bits per heavy atom. The van der Waals surface area contributed by atoms with Gasteiger partial charge in [-0.3, -0.25) is 19.3 Å². The molecule has 0 fully saturated rings. The van der Waals surface area contributed by atoms with E-state index in [4.69, 9.17) is 17.6 Å². The van der Waals surface area contributed by atoms with Crippen molar-refractivity contribution < 1.29 is 19.1 Å². The average molecular weight is 443 g/mol. The van der Waals surface area contributed by atoms with Gasteiger partial charge in [-0.15, -0.1) is 24.7 Å². The second-order valence-electron chi connectivity index (χ2n) is 8.27. The molecule has 32 heavy (non-hydrogen) atoms. The first kappa shape index (κ1) is 27.3. The zero-order valence-corrected chi connectivity index (χ0v) is 19.7. The molecule has 176 valence electrons. The number of carbonyl (C=O) groups excluding carboxylic acids is 3. The van der Waals surface area contributed by atoms with Crippen LogP contribution in [0.15, 0.2) is 11.8 Å². The molecule has 0 aliphatic carbocycles. The van der Waals surface area contributed by atoms with Gasteiger partial charge in [0.25, 0.3) is 5.91 Å². The summed E-state index contributed by atoms with van der Waals surface area (Å²) in [4.78, 5) is 38.5. The van der Waals surface area contributed by atoms with Gasteiger partial charge >= 0.3 is 0 Å². The maximum absolute atomic E-state index is 12.6. The van der Waals surface area contributed by atoms with E-state index in [-0.39, 0.29) is 29.7 Å². The number of nitrogens with zero attached hydrogens (tertiary/aromatic N) is 1. The van der Waals surface area contributed by atoms with Gasteiger partial charge in [0.2, 0.25) is 11.8 Å². The molecule has 1 heterocycles. The van der Waals surface area contributed by atoms with E-state index in [0.717, 1.165) is 51.4 Å². The first-order chi connectivity index (χ1) is 15.5. The van der Waals surface area contributed by atoms with Crippen LogP contribution in [-0.4, -0.2) is 42.3 Å². The predicted molar refractivity (Wildman–Crippen MR) is 126 cm³/mol. The van der Waals surface area contributed by atoms with Gasteiger partial charge in [0.15, 0.2) is 0 Å². The topological polar surface area (TPSA) is 75.7 Å². The number of carbonyl (C=O) groups is 3. The van der Waals surface area contributed by atoms with Crippen molar-refractivity contribution in [3.63, 3.8) is 0 Å². The Morgan fingerprint density at radius 2 is 1.78 bits per heavy atom. The highest BCUT2D eigenvalue weighted by Crippen LogP contribution is 2.26. The van der Waals surface area contributed by atoms with Gasteiger partial charge in [-0.25, -0.2) is 0 Å². The van der Waals surface area contributed by atoms with Crippen molar-refractivity contribution in [1.29, 1.82) is 0 Å². The summed E-state index contributed by atoms with van der Waals surface area (Å²) in [5.74, 6) is 5.28. The van der Waals surface area contributed by atoms with Gasteiger partial charge in [-0.05, 0) is 44.9 Å². The van der Waals surface area contributed by atoms with Crippen molar-refractivity contribution in [3.05, 3.63) is 11.8 Å². The first-order valence-corrected chi connectivity index (χ1v) is 11.7. The van der Waals surface area contributed by atoms with E-state index in [9.17, 15) is 14.4 Å². The van der Waals surface area contributed by atoms with E-state index >= 15 is 0 Å². The standard InChI is InChI=1S/C26H38N2O4/c1-5-7-9-11-13-18-24(29)28-22(23(32-4)20-25(28)30)17-14-15-19-27-26(31)21(3)16-12-10-8-6-2/h1-2,20-22H,7-19H2,3-4H3,(H,27,31)/t21-,22+/m1/s1. The summed E-state index contributed by atoms with van der Waals surface area (Å²) in [5.41, 5.74) is 0. The lowest BCUT2D eigenvalue weighted by molar-refractivity contribution is -0.143. The second-order valence-corrected chi connectivity index (χ2v) is 8.27. The van der Waals surface area contributed by atoms with E-state index in [0.29, 0.717) is 38.0 Å². The number of terminal acetylenes is 2. The number of nitrogens with one attached hydrogen (secondary N) is 1. The molecule has 0 saturated heterocycles. The van der Waals surface area contributed by atoms with E-state index in [2.05, 4.69) is 17.2 Å². The molecule has 3 amide bonds. The van der Waals surface area contributed by atoms with Crippen LogP contribution >= 0.6 is 0 Å². The third-order valence-corrected chi connectivity index (χ3v) is 5.72. The van der Waals surface area contributed by atoms with Gasteiger partial charge in [-0.1, -0.05) is 19.8 Å². The minimum absolute atomic E-state index is 0.0306. The van der Waals surface area contributed by atoms with Crippen LogP contribution in [-0.2, 0) is 19.1 Å². The van der Waals surface area contributed by atoms with Crippen molar-refractivity contribution in [2.75, 3.05) is 13.7 Å². The molecule has 0 aromatic carbocycles. The minimum atomic E-state index is -0.364. The van der Waals surface area contributed by atoms with E-state index in [1.54, 1.807) is 0 Å². The fourth-order valence-corrected chi connectivity index (χ4v) is 3.79. The highest BCUT2D eigenvalue weighted by molar-refractivity contribution is 6.04. The normalized spacial score (nSPS) is 16.1. The fraction of sp³-hybridized carbons (Fsp3) is 0.654. The third-order valence-electron chi connectivity index (χ3n) is 5.72. The Kier molecular flexibility index (Phi) is 13.6. The van der Waals surface area contributed by atoms with Crippen LogP contribution in [0.4, 0.5) is 0 Å². The van der Waals surface area contributed by atoms with Crippen molar-refractivity contribution in [2.45, 2.75) is 90.0 Å². The number of unbranched alkanes of at least 4 members (excludes halogenated alkanes) is 6. The van der Waals surface area contributed by atoms with Gasteiger partial charge in [0, 0.05) is 37.8 Å². The van der Waals surface area contributed by atoms with Crippen LogP contribution in [0.3, 0.4) is 0 Å². The molecule has 0 radical (unpaired) electrons. The maximum Gasteiger partial charge on any atom is 0.257 e. The SMILES string of the molecule is C#CCCCCCC(=O)N1C(=O)C=C(OC)[C@@H]1CCCCNC(=O)[C@H](C)CCCCC#C. The fourth-order valence-electron chi connectivity index (χ4n) is 3.79. The van der Waals surface area contributed by atoms with Crippen LogP contribution in [0, 0.1) is 30.6 Å². The molecular weight excluding hydrogens is 404 g/mol. The summed E-state index contributed by atoms with van der Waals surface area (Å²) in [6.07, 6.45) is 21.0. The molecule has 0 aromatic rings. The summed E-state index contributed by atoms with van der Waals surface area (Å²) in [5, 5.41) is 2.97. The third kappa shape index (κ3) is 9.60. The van der Waals surface area contributed by atoms with Crippen molar-refractivity contribution in [1.82, 2.24) is 10.2 Å². The number of hydrogen-bond donors (Lipinski definition) is 1. The molecule has 0 saturated carbocycles. The summed E-state index contributed by atoms with van der Waals surface area (Å²) >= 11 is 0. The van der Waals surface area contributed by atoms with Crippen LogP contribution in [0.2, 0.25) is 0 Å². The summed E-state index contributed by atoms with van der Waals surface area (Å²) in [7, 11) is 1.52. The number of methoxy groups -OCH3 is 1. The lowest BCUT2D eigenvalue weighted by Gasteiger charge is -2.25. The van der Waals surface area contributed by atoms with E-state index < -0.39 is 0 Å². The van der Waals surface area contributed by atoms with Crippen molar-refractivity contribution >= 4 is 17.7 Å². The highest BCUT2D eigenvalue weighted by Gasteiger charge is 2.37. The Hall–Kier alpha value is -2.73. The Balaban J connectivity index is 2.39. The predicted octanol–water partition coefficient (Wildman–Crippen LogP) is 3.95. The van der Waals surface area contributed by atoms with Crippen LogP contribution < -0.4 is 5.32 Å². The van der Waals surface area contributed by atoms with Gasteiger partial charge in [0.05, 0.1) is 13.2 Å². The number of amides is 3. The number of imide groups is 1. The Labute approximate surface area is 193 Å². The largest absolute Gasteiger partial charge is 0.499 e. The average Bonchev–Trinajstić information content (AvgIpc) is 3.11. The minimum Gasteiger partial charge on any atom is -0.499 e. The summed E-state index contributed by atoms with van der Waals surface area (Å²) < 4.78 is 5.36. The van der Waals surface area contributed by atoms with Gasteiger partial charge in [-0.2, -0.15) is 0 Å². The Morgan fingerprint density at radius 1 is 1.09 bits per heavy atom. The summed E-state index contributed by atoms with van der Waals surface area (Å²) in [6.45, 7) is 2.50. The molecule has 0 spiro atoms. The molecule has 0 aromatic heterocycles. The molecular formula is C26H38N2O4. The molecule has 6 nitrogen and oxygen atoms in total.